The molecule has 0 fully saturated rings. The number of hydrogen-bond donors (Lipinski definition) is 1. The summed E-state index contributed by atoms with van der Waals surface area (Å²) in [5.41, 5.74) is 7.78. The van der Waals surface area contributed by atoms with E-state index in [4.69, 9.17) is 22.1 Å². The molecule has 0 radical (unpaired) electrons. The highest BCUT2D eigenvalue weighted by Crippen LogP contribution is 2.28. The summed E-state index contributed by atoms with van der Waals surface area (Å²) in [5.74, 6) is 0.817. The third kappa shape index (κ3) is 4.44. The van der Waals surface area contributed by atoms with E-state index in [0.29, 0.717) is 11.6 Å². The first-order chi connectivity index (χ1) is 9.15. The highest BCUT2D eigenvalue weighted by atomic mass is 79.9. The van der Waals surface area contributed by atoms with E-state index in [0.717, 1.165) is 28.8 Å². The maximum Gasteiger partial charge on any atom is 0.133 e. The largest absolute Gasteiger partial charge is 0.492 e. The van der Waals surface area contributed by atoms with Crippen LogP contribution in [0.5, 0.6) is 5.75 Å². The van der Waals surface area contributed by atoms with E-state index in [1.165, 1.54) is 5.56 Å². The van der Waals surface area contributed by atoms with Gasteiger partial charge in [0.1, 0.15) is 5.75 Å². The number of anilines is 1. The van der Waals surface area contributed by atoms with Crippen LogP contribution in [0.3, 0.4) is 0 Å². The summed E-state index contributed by atoms with van der Waals surface area (Å²) in [6.45, 7) is 0.662. The van der Waals surface area contributed by atoms with Crippen LogP contribution in [0.2, 0.25) is 5.02 Å². The fourth-order valence-corrected chi connectivity index (χ4v) is 2.60. The number of nitrogens with two attached hydrogens (primary N) is 1. The standard InChI is InChI=1S/C15H15BrClNO/c16-14-10-12(17)6-7-15(14)19-8-2-4-11-3-1-5-13(18)9-11/h1,3,5-7,9-10H,2,4,8,18H2. The van der Waals surface area contributed by atoms with Gasteiger partial charge < -0.3 is 10.5 Å². The van der Waals surface area contributed by atoms with Crippen LogP contribution in [0.25, 0.3) is 0 Å². The Morgan fingerprint density at radius 2 is 2.00 bits per heavy atom. The molecule has 2 nitrogen and oxygen atoms in total. The van der Waals surface area contributed by atoms with Gasteiger partial charge in [-0.2, -0.15) is 0 Å². The van der Waals surface area contributed by atoms with E-state index in [2.05, 4.69) is 22.0 Å². The Labute approximate surface area is 126 Å². The molecule has 0 aliphatic rings. The van der Waals surface area contributed by atoms with Crippen molar-refractivity contribution in [3.05, 3.63) is 57.5 Å². The van der Waals surface area contributed by atoms with Crippen molar-refractivity contribution >= 4 is 33.2 Å². The lowest BCUT2D eigenvalue weighted by atomic mass is 10.1. The van der Waals surface area contributed by atoms with Crippen LogP contribution in [0.15, 0.2) is 46.9 Å². The normalized spacial score (nSPS) is 10.4. The molecule has 0 heterocycles. The summed E-state index contributed by atoms with van der Waals surface area (Å²) in [6.07, 6.45) is 1.90. The summed E-state index contributed by atoms with van der Waals surface area (Å²) in [4.78, 5) is 0. The van der Waals surface area contributed by atoms with Crippen molar-refractivity contribution in [2.24, 2.45) is 0 Å². The minimum absolute atomic E-state index is 0.662. The van der Waals surface area contributed by atoms with Gasteiger partial charge in [-0.3, -0.25) is 0 Å². The fraction of sp³-hybridized carbons (Fsp3) is 0.200. The maximum absolute atomic E-state index is 5.88. The lowest BCUT2D eigenvalue weighted by Crippen LogP contribution is -2.00. The Balaban J connectivity index is 1.81. The lowest BCUT2D eigenvalue weighted by molar-refractivity contribution is 0.309. The van der Waals surface area contributed by atoms with E-state index in [9.17, 15) is 0 Å². The van der Waals surface area contributed by atoms with Crippen LogP contribution in [0, 0.1) is 0 Å². The predicted octanol–water partition coefficient (Wildman–Crippen LogP) is 4.70. The number of benzene rings is 2. The van der Waals surface area contributed by atoms with Gasteiger partial charge in [-0.25, -0.2) is 0 Å². The molecule has 100 valence electrons. The van der Waals surface area contributed by atoms with E-state index in [1.807, 2.05) is 36.4 Å². The molecule has 0 unspecified atom stereocenters. The molecule has 0 saturated carbocycles. The molecule has 0 saturated heterocycles. The molecule has 0 bridgehead atoms. The van der Waals surface area contributed by atoms with Crippen LogP contribution in [-0.2, 0) is 6.42 Å². The predicted molar refractivity (Wildman–Crippen MR) is 83.8 cm³/mol. The van der Waals surface area contributed by atoms with Gasteiger partial charge in [0.05, 0.1) is 11.1 Å². The van der Waals surface area contributed by atoms with Crippen LogP contribution in [0.4, 0.5) is 5.69 Å². The highest BCUT2D eigenvalue weighted by molar-refractivity contribution is 9.10. The smallest absolute Gasteiger partial charge is 0.133 e. The molecule has 0 amide bonds. The number of nitrogen functional groups attached to an aromatic ring is 1. The van der Waals surface area contributed by atoms with Gasteiger partial charge in [0.2, 0.25) is 0 Å². The summed E-state index contributed by atoms with van der Waals surface area (Å²) < 4.78 is 6.59. The second-order valence-corrected chi connectivity index (χ2v) is 5.56. The average molecular weight is 341 g/mol. The Morgan fingerprint density at radius 1 is 1.16 bits per heavy atom. The molecule has 4 heteroatoms. The van der Waals surface area contributed by atoms with E-state index in [1.54, 1.807) is 0 Å². The topological polar surface area (TPSA) is 35.2 Å². The second kappa shape index (κ2) is 6.83. The summed E-state index contributed by atoms with van der Waals surface area (Å²) >= 11 is 9.30. The van der Waals surface area contributed by atoms with Crippen molar-refractivity contribution in [3.63, 3.8) is 0 Å². The summed E-state index contributed by atoms with van der Waals surface area (Å²) in [7, 11) is 0. The molecule has 2 aromatic carbocycles. The number of aryl methyl sites for hydroxylation is 1. The highest BCUT2D eigenvalue weighted by Gasteiger charge is 2.02. The molecule has 2 rings (SSSR count). The Hall–Kier alpha value is -1.19. The summed E-state index contributed by atoms with van der Waals surface area (Å²) in [6, 6.07) is 13.5. The molecule has 0 spiro atoms. The Bertz CT molecular complexity index is 560. The zero-order valence-corrected chi connectivity index (χ0v) is 12.7. The monoisotopic (exact) mass is 339 g/mol. The van der Waals surface area contributed by atoms with Crippen LogP contribution in [-0.4, -0.2) is 6.61 Å². The molecular weight excluding hydrogens is 326 g/mol. The van der Waals surface area contributed by atoms with Crippen molar-refractivity contribution in [2.45, 2.75) is 12.8 Å². The van der Waals surface area contributed by atoms with Crippen LogP contribution in [0.1, 0.15) is 12.0 Å². The number of hydrogen-bond acceptors (Lipinski definition) is 2. The minimum atomic E-state index is 0.662. The number of rotatable bonds is 5. The first-order valence-corrected chi connectivity index (χ1v) is 7.24. The van der Waals surface area contributed by atoms with Gasteiger partial charge in [-0.15, -0.1) is 0 Å². The third-order valence-corrected chi connectivity index (χ3v) is 3.57. The molecule has 0 aliphatic heterocycles. The average Bonchev–Trinajstić information content (AvgIpc) is 2.37. The molecule has 0 aromatic heterocycles. The van der Waals surface area contributed by atoms with E-state index in [-0.39, 0.29) is 0 Å². The first-order valence-electron chi connectivity index (χ1n) is 6.07. The van der Waals surface area contributed by atoms with Gasteiger partial charge in [0, 0.05) is 10.7 Å². The van der Waals surface area contributed by atoms with Gasteiger partial charge in [0.25, 0.3) is 0 Å². The molecule has 19 heavy (non-hydrogen) atoms. The molecular formula is C15H15BrClNO. The fourth-order valence-electron chi connectivity index (χ4n) is 1.80. The van der Waals surface area contributed by atoms with Crippen molar-refractivity contribution in [1.29, 1.82) is 0 Å². The zero-order valence-electron chi connectivity index (χ0n) is 10.4. The Morgan fingerprint density at radius 3 is 2.74 bits per heavy atom. The van der Waals surface area contributed by atoms with Gasteiger partial charge in [0.15, 0.2) is 0 Å². The number of ether oxygens (including phenoxy) is 1. The quantitative estimate of drug-likeness (QED) is 0.632. The zero-order chi connectivity index (χ0) is 13.7. The molecule has 2 aromatic rings. The van der Waals surface area contributed by atoms with Crippen LogP contribution >= 0.6 is 27.5 Å². The van der Waals surface area contributed by atoms with Gasteiger partial charge in [-0.1, -0.05) is 23.7 Å². The third-order valence-electron chi connectivity index (χ3n) is 2.71. The second-order valence-electron chi connectivity index (χ2n) is 4.27. The van der Waals surface area contributed by atoms with Crippen molar-refractivity contribution in [3.8, 4) is 5.75 Å². The van der Waals surface area contributed by atoms with Crippen molar-refractivity contribution in [2.75, 3.05) is 12.3 Å². The van der Waals surface area contributed by atoms with Gasteiger partial charge in [-0.05, 0) is 64.7 Å². The molecule has 2 N–H and O–H groups in total. The van der Waals surface area contributed by atoms with Crippen LogP contribution < -0.4 is 10.5 Å². The first kappa shape index (κ1) is 14.2. The van der Waals surface area contributed by atoms with Crippen molar-refractivity contribution < 1.29 is 4.74 Å². The summed E-state index contributed by atoms with van der Waals surface area (Å²) in [5, 5.41) is 0.694. The van der Waals surface area contributed by atoms with E-state index >= 15 is 0 Å². The lowest BCUT2D eigenvalue weighted by Gasteiger charge is -2.08. The SMILES string of the molecule is Nc1cccc(CCCOc2ccc(Cl)cc2Br)c1. The Kier molecular flexibility index (Phi) is 5.11. The molecule has 0 atom stereocenters. The molecule has 0 aliphatic carbocycles. The van der Waals surface area contributed by atoms with Crippen molar-refractivity contribution in [1.82, 2.24) is 0 Å². The van der Waals surface area contributed by atoms with E-state index < -0.39 is 0 Å². The maximum atomic E-state index is 5.88. The van der Waals surface area contributed by atoms with Gasteiger partial charge >= 0.3 is 0 Å². The minimum Gasteiger partial charge on any atom is -0.492 e. The number of halogens is 2.